The van der Waals surface area contributed by atoms with Crippen LogP contribution in [0.15, 0.2) is 18.2 Å². The van der Waals surface area contributed by atoms with Crippen molar-refractivity contribution in [3.63, 3.8) is 0 Å². The SMILES string of the molecule is CC(C/C=C/CF)c1cc(NS(C)(=O)=O)nn1C. The summed E-state index contributed by atoms with van der Waals surface area (Å²) in [5.41, 5.74) is 0.893. The second-order valence-electron chi connectivity index (χ2n) is 4.21. The predicted molar refractivity (Wildman–Crippen MR) is 69.8 cm³/mol. The molecule has 1 rings (SSSR count). The van der Waals surface area contributed by atoms with Gasteiger partial charge in [-0.3, -0.25) is 9.40 Å². The van der Waals surface area contributed by atoms with Crippen LogP contribution >= 0.6 is 0 Å². The number of rotatable bonds is 6. The van der Waals surface area contributed by atoms with Crippen molar-refractivity contribution in [1.29, 1.82) is 0 Å². The number of allylic oxidation sites excluding steroid dienone is 2. The lowest BCUT2D eigenvalue weighted by Crippen LogP contribution is -2.10. The molecule has 0 saturated heterocycles. The van der Waals surface area contributed by atoms with Gasteiger partial charge in [-0.2, -0.15) is 5.10 Å². The summed E-state index contributed by atoms with van der Waals surface area (Å²) in [5, 5.41) is 4.07. The summed E-state index contributed by atoms with van der Waals surface area (Å²) in [5.74, 6) is 0.441. The van der Waals surface area contributed by atoms with E-state index in [0.717, 1.165) is 11.9 Å². The molecule has 0 amide bonds. The summed E-state index contributed by atoms with van der Waals surface area (Å²) in [6.45, 7) is 1.50. The van der Waals surface area contributed by atoms with E-state index >= 15 is 0 Å². The molecule has 0 bridgehead atoms. The summed E-state index contributed by atoms with van der Waals surface area (Å²) in [6, 6.07) is 1.69. The van der Waals surface area contributed by atoms with E-state index in [1.807, 2.05) is 6.92 Å². The van der Waals surface area contributed by atoms with Gasteiger partial charge in [0.15, 0.2) is 5.82 Å². The molecule has 0 aliphatic rings. The minimum absolute atomic E-state index is 0.139. The maximum Gasteiger partial charge on any atom is 0.231 e. The number of halogens is 1. The van der Waals surface area contributed by atoms with E-state index in [1.165, 1.54) is 6.08 Å². The number of aryl methyl sites for hydroxylation is 1. The summed E-state index contributed by atoms with van der Waals surface area (Å²) in [6.07, 6.45) is 4.99. The lowest BCUT2D eigenvalue weighted by Gasteiger charge is -2.08. The van der Waals surface area contributed by atoms with Crippen molar-refractivity contribution < 1.29 is 12.8 Å². The molecule has 0 aliphatic carbocycles. The van der Waals surface area contributed by atoms with Crippen molar-refractivity contribution >= 4 is 15.8 Å². The molecule has 1 atom stereocenters. The molecule has 1 N–H and O–H groups in total. The van der Waals surface area contributed by atoms with E-state index in [9.17, 15) is 12.8 Å². The molecule has 18 heavy (non-hydrogen) atoms. The number of hydrogen-bond acceptors (Lipinski definition) is 3. The summed E-state index contributed by atoms with van der Waals surface area (Å²) >= 11 is 0. The molecule has 0 saturated carbocycles. The minimum atomic E-state index is -3.32. The van der Waals surface area contributed by atoms with Crippen LogP contribution in [-0.4, -0.2) is 31.1 Å². The second kappa shape index (κ2) is 5.99. The van der Waals surface area contributed by atoms with E-state index in [1.54, 1.807) is 23.9 Å². The van der Waals surface area contributed by atoms with Crippen LogP contribution in [0.2, 0.25) is 0 Å². The molecule has 1 aromatic heterocycles. The van der Waals surface area contributed by atoms with Gasteiger partial charge in [0.25, 0.3) is 0 Å². The third-order valence-corrected chi connectivity index (χ3v) is 3.04. The van der Waals surface area contributed by atoms with E-state index < -0.39 is 16.7 Å². The Bertz CT molecular complexity index is 522. The van der Waals surface area contributed by atoms with Gasteiger partial charge < -0.3 is 0 Å². The number of nitrogens with one attached hydrogen (secondary N) is 1. The fraction of sp³-hybridized carbons (Fsp3) is 0.545. The number of nitrogens with zero attached hydrogens (tertiary/aromatic N) is 2. The highest BCUT2D eigenvalue weighted by Gasteiger charge is 2.13. The molecule has 0 fully saturated rings. The maximum absolute atomic E-state index is 11.9. The highest BCUT2D eigenvalue weighted by Crippen LogP contribution is 2.22. The molecule has 102 valence electrons. The molecule has 7 heteroatoms. The third-order valence-electron chi connectivity index (χ3n) is 2.46. The quantitative estimate of drug-likeness (QED) is 0.805. The van der Waals surface area contributed by atoms with Crippen LogP contribution in [0.4, 0.5) is 10.2 Å². The molecule has 1 heterocycles. The molecule has 0 radical (unpaired) electrons. The van der Waals surface area contributed by atoms with Crippen molar-refractivity contribution in [2.75, 3.05) is 17.7 Å². The molecule has 0 spiro atoms. The van der Waals surface area contributed by atoms with E-state index in [-0.39, 0.29) is 5.92 Å². The largest absolute Gasteiger partial charge is 0.270 e. The number of alkyl halides is 1. The molecular weight excluding hydrogens is 257 g/mol. The van der Waals surface area contributed by atoms with Crippen LogP contribution in [0.1, 0.15) is 25.0 Å². The standard InChI is InChI=1S/C11H18FN3O2S/c1-9(6-4-5-7-12)10-8-11(13-15(10)2)14-18(3,16)17/h4-5,8-9H,6-7H2,1-3H3,(H,13,14)/b5-4+. The van der Waals surface area contributed by atoms with Crippen LogP contribution in [0.5, 0.6) is 0 Å². The van der Waals surface area contributed by atoms with Crippen molar-refractivity contribution in [2.45, 2.75) is 19.3 Å². The van der Waals surface area contributed by atoms with Gasteiger partial charge in [0.2, 0.25) is 10.0 Å². The average Bonchev–Trinajstić information content (AvgIpc) is 2.57. The summed E-state index contributed by atoms with van der Waals surface area (Å²) in [4.78, 5) is 0. The van der Waals surface area contributed by atoms with Crippen molar-refractivity contribution in [2.24, 2.45) is 7.05 Å². The average molecular weight is 275 g/mol. The molecule has 1 unspecified atom stereocenters. The first-order valence-corrected chi connectivity index (χ1v) is 7.45. The third kappa shape index (κ3) is 4.48. The molecular formula is C11H18FN3O2S. The van der Waals surface area contributed by atoms with Crippen LogP contribution in [0.25, 0.3) is 0 Å². The highest BCUT2D eigenvalue weighted by molar-refractivity contribution is 7.92. The topological polar surface area (TPSA) is 64.0 Å². The lowest BCUT2D eigenvalue weighted by atomic mass is 10.0. The molecule has 0 aromatic carbocycles. The zero-order valence-electron chi connectivity index (χ0n) is 10.7. The Morgan fingerprint density at radius 3 is 2.78 bits per heavy atom. The van der Waals surface area contributed by atoms with E-state index in [4.69, 9.17) is 0 Å². The predicted octanol–water partition coefficient (Wildman–Crippen LogP) is 1.81. The van der Waals surface area contributed by atoms with Gasteiger partial charge >= 0.3 is 0 Å². The first-order valence-electron chi connectivity index (χ1n) is 5.56. The fourth-order valence-electron chi connectivity index (χ4n) is 1.67. The molecule has 1 aromatic rings. The van der Waals surface area contributed by atoms with Gasteiger partial charge in [0, 0.05) is 24.7 Å². The Hall–Kier alpha value is -1.37. The Balaban J connectivity index is 2.81. The maximum atomic E-state index is 11.9. The minimum Gasteiger partial charge on any atom is -0.270 e. The van der Waals surface area contributed by atoms with Crippen LogP contribution in [0, 0.1) is 0 Å². The monoisotopic (exact) mass is 275 g/mol. The zero-order valence-corrected chi connectivity index (χ0v) is 11.5. The zero-order chi connectivity index (χ0) is 13.8. The second-order valence-corrected chi connectivity index (χ2v) is 5.96. The van der Waals surface area contributed by atoms with Gasteiger partial charge in [0.1, 0.15) is 6.67 Å². The Morgan fingerprint density at radius 1 is 1.56 bits per heavy atom. The molecule has 0 aliphatic heterocycles. The van der Waals surface area contributed by atoms with Crippen LogP contribution in [0.3, 0.4) is 0 Å². The van der Waals surface area contributed by atoms with E-state index in [0.29, 0.717) is 12.2 Å². The number of aromatic nitrogens is 2. The van der Waals surface area contributed by atoms with Gasteiger partial charge in [-0.05, 0) is 6.42 Å². The van der Waals surface area contributed by atoms with Crippen LogP contribution in [-0.2, 0) is 17.1 Å². The van der Waals surface area contributed by atoms with Crippen molar-refractivity contribution in [3.05, 3.63) is 23.9 Å². The normalized spacial score (nSPS) is 14.0. The van der Waals surface area contributed by atoms with Crippen molar-refractivity contribution in [3.8, 4) is 0 Å². The van der Waals surface area contributed by atoms with Gasteiger partial charge in [-0.25, -0.2) is 12.8 Å². The Morgan fingerprint density at radius 2 is 2.22 bits per heavy atom. The van der Waals surface area contributed by atoms with Gasteiger partial charge in [-0.15, -0.1) is 0 Å². The Labute approximate surface area is 107 Å². The highest BCUT2D eigenvalue weighted by atomic mass is 32.2. The van der Waals surface area contributed by atoms with Crippen LogP contribution < -0.4 is 4.72 Å². The van der Waals surface area contributed by atoms with Crippen molar-refractivity contribution in [1.82, 2.24) is 9.78 Å². The lowest BCUT2D eigenvalue weighted by molar-refractivity contribution is 0.559. The first kappa shape index (κ1) is 14.7. The van der Waals surface area contributed by atoms with Gasteiger partial charge in [-0.1, -0.05) is 19.1 Å². The number of sulfonamides is 1. The number of anilines is 1. The fourth-order valence-corrected chi connectivity index (χ4v) is 2.15. The summed E-state index contributed by atoms with van der Waals surface area (Å²) < 4.78 is 38.1. The summed E-state index contributed by atoms with van der Waals surface area (Å²) in [7, 11) is -1.57. The number of hydrogen-bond donors (Lipinski definition) is 1. The van der Waals surface area contributed by atoms with Gasteiger partial charge in [0.05, 0.1) is 6.26 Å². The van der Waals surface area contributed by atoms with E-state index in [2.05, 4.69) is 9.82 Å². The first-order chi connectivity index (χ1) is 8.33. The molecule has 5 nitrogen and oxygen atoms in total. The smallest absolute Gasteiger partial charge is 0.231 e. The Kier molecular flexibility index (Phi) is 4.89.